The highest BCUT2D eigenvalue weighted by Gasteiger charge is 2.37. The minimum absolute atomic E-state index is 0.0448. The first-order valence-electron chi connectivity index (χ1n) is 10.5. The van der Waals surface area contributed by atoms with Crippen LogP contribution < -0.4 is 25.0 Å². The maximum Gasteiger partial charge on any atom is 0.323 e. The van der Waals surface area contributed by atoms with Gasteiger partial charge in [0, 0.05) is 30.1 Å². The summed E-state index contributed by atoms with van der Waals surface area (Å²) in [6, 6.07) is 12.1. The van der Waals surface area contributed by atoms with E-state index in [9.17, 15) is 9.59 Å². The van der Waals surface area contributed by atoms with Crippen molar-refractivity contribution in [3.63, 3.8) is 0 Å². The van der Waals surface area contributed by atoms with Gasteiger partial charge >= 0.3 is 6.03 Å². The number of nitrogens with zero attached hydrogens (tertiary/aromatic N) is 1. The molecule has 0 aromatic heterocycles. The van der Waals surface area contributed by atoms with Crippen LogP contribution in [0.25, 0.3) is 0 Å². The zero-order chi connectivity index (χ0) is 22.6. The highest BCUT2D eigenvalue weighted by atomic mass is 16.5. The number of nitrogens with one attached hydrogen (secondary N) is 2. The first-order chi connectivity index (χ1) is 14.7. The third kappa shape index (κ3) is 5.48. The van der Waals surface area contributed by atoms with Crippen LogP contribution in [0.2, 0.25) is 0 Å². The van der Waals surface area contributed by atoms with Gasteiger partial charge in [0.2, 0.25) is 5.91 Å². The predicted octanol–water partition coefficient (Wildman–Crippen LogP) is 5.14. The second-order valence-corrected chi connectivity index (χ2v) is 8.81. The first-order valence-corrected chi connectivity index (χ1v) is 10.5. The SMILES string of the molecule is COc1cccc(NC(=O)Nc2ccc3c(c2)OCC(C)(C)C(=O)N3CCC(C)C)c1. The van der Waals surface area contributed by atoms with Crippen molar-refractivity contribution in [3.05, 3.63) is 42.5 Å². The summed E-state index contributed by atoms with van der Waals surface area (Å²) in [7, 11) is 1.57. The largest absolute Gasteiger partial charge is 0.497 e. The number of urea groups is 1. The molecular weight excluding hydrogens is 394 g/mol. The molecule has 2 N–H and O–H groups in total. The van der Waals surface area contributed by atoms with Gasteiger partial charge in [-0.1, -0.05) is 19.9 Å². The number of rotatable bonds is 6. The van der Waals surface area contributed by atoms with Crippen molar-refractivity contribution in [3.8, 4) is 11.5 Å². The zero-order valence-electron chi connectivity index (χ0n) is 18.8. The van der Waals surface area contributed by atoms with Crippen molar-refractivity contribution in [2.24, 2.45) is 11.3 Å². The molecule has 7 heteroatoms. The van der Waals surface area contributed by atoms with Crippen LogP contribution in [0.4, 0.5) is 21.9 Å². The Morgan fingerprint density at radius 1 is 1.16 bits per heavy atom. The molecule has 3 rings (SSSR count). The molecule has 0 radical (unpaired) electrons. The van der Waals surface area contributed by atoms with Gasteiger partial charge in [0.15, 0.2) is 0 Å². The van der Waals surface area contributed by atoms with Gasteiger partial charge in [-0.05, 0) is 50.5 Å². The standard InChI is InChI=1S/C24H31N3O4/c1-16(2)11-12-27-20-10-9-18(14-21(20)31-15-24(3,4)22(27)28)26-23(29)25-17-7-6-8-19(13-17)30-5/h6-10,13-14,16H,11-12,15H2,1-5H3,(H2,25,26,29). The van der Waals surface area contributed by atoms with Gasteiger partial charge in [0.1, 0.15) is 18.1 Å². The van der Waals surface area contributed by atoms with E-state index in [0.717, 1.165) is 12.1 Å². The molecule has 0 unspecified atom stereocenters. The van der Waals surface area contributed by atoms with E-state index in [-0.39, 0.29) is 18.5 Å². The van der Waals surface area contributed by atoms with Gasteiger partial charge < -0.3 is 25.0 Å². The predicted molar refractivity (Wildman–Crippen MR) is 123 cm³/mol. The molecule has 0 saturated heterocycles. The minimum Gasteiger partial charge on any atom is -0.497 e. The normalized spacial score (nSPS) is 15.0. The summed E-state index contributed by atoms with van der Waals surface area (Å²) in [5.41, 5.74) is 1.30. The fraction of sp³-hybridized carbons (Fsp3) is 0.417. The van der Waals surface area contributed by atoms with Gasteiger partial charge in [-0.15, -0.1) is 0 Å². The molecule has 3 amide bonds. The number of carbonyl (C=O) groups excluding carboxylic acids is 2. The lowest BCUT2D eigenvalue weighted by Crippen LogP contribution is -2.42. The lowest BCUT2D eigenvalue weighted by Gasteiger charge is -2.28. The summed E-state index contributed by atoms with van der Waals surface area (Å²) in [6.45, 7) is 8.96. The van der Waals surface area contributed by atoms with Gasteiger partial charge in [0.25, 0.3) is 0 Å². The molecule has 0 bridgehead atoms. The monoisotopic (exact) mass is 425 g/mol. The zero-order valence-corrected chi connectivity index (χ0v) is 18.8. The molecule has 2 aromatic rings. The van der Waals surface area contributed by atoms with Crippen molar-refractivity contribution in [1.82, 2.24) is 0 Å². The molecule has 7 nitrogen and oxygen atoms in total. The fourth-order valence-corrected chi connectivity index (χ4v) is 3.33. The summed E-state index contributed by atoms with van der Waals surface area (Å²) in [6.07, 6.45) is 0.893. The van der Waals surface area contributed by atoms with E-state index >= 15 is 0 Å². The van der Waals surface area contributed by atoms with Crippen LogP contribution in [0.1, 0.15) is 34.1 Å². The molecule has 0 atom stereocenters. The van der Waals surface area contributed by atoms with Crippen LogP contribution in [0.5, 0.6) is 11.5 Å². The summed E-state index contributed by atoms with van der Waals surface area (Å²) < 4.78 is 11.2. The third-order valence-corrected chi connectivity index (χ3v) is 5.18. The van der Waals surface area contributed by atoms with Gasteiger partial charge in [-0.3, -0.25) is 4.79 Å². The Hall–Kier alpha value is -3.22. The molecule has 0 saturated carbocycles. The van der Waals surface area contributed by atoms with E-state index < -0.39 is 5.41 Å². The number of ether oxygens (including phenoxy) is 2. The second-order valence-electron chi connectivity index (χ2n) is 8.81. The van der Waals surface area contributed by atoms with Crippen LogP contribution in [0, 0.1) is 11.3 Å². The molecule has 31 heavy (non-hydrogen) atoms. The lowest BCUT2D eigenvalue weighted by atomic mass is 9.92. The number of hydrogen-bond acceptors (Lipinski definition) is 4. The van der Waals surface area contributed by atoms with Crippen molar-refractivity contribution < 1.29 is 19.1 Å². The average molecular weight is 426 g/mol. The quantitative estimate of drug-likeness (QED) is 0.672. The number of anilines is 3. The minimum atomic E-state index is -0.632. The topological polar surface area (TPSA) is 79.9 Å². The molecule has 0 aliphatic carbocycles. The van der Waals surface area contributed by atoms with E-state index in [1.807, 2.05) is 24.8 Å². The molecule has 0 spiro atoms. The summed E-state index contributed by atoms with van der Waals surface area (Å²) in [4.78, 5) is 27.4. The number of methoxy groups -OCH3 is 1. The second kappa shape index (κ2) is 9.29. The molecule has 0 fully saturated rings. The maximum atomic E-state index is 13.1. The van der Waals surface area contributed by atoms with Crippen molar-refractivity contribution in [2.75, 3.05) is 35.8 Å². The molecule has 2 aromatic carbocycles. The number of benzene rings is 2. The highest BCUT2D eigenvalue weighted by molar-refractivity contribution is 6.02. The van der Waals surface area contributed by atoms with Crippen molar-refractivity contribution >= 4 is 29.0 Å². The molecule has 1 aliphatic rings. The number of fused-ring (bicyclic) bond motifs is 1. The Morgan fingerprint density at radius 3 is 2.55 bits per heavy atom. The Kier molecular flexibility index (Phi) is 6.73. The molecule has 1 aliphatic heterocycles. The Morgan fingerprint density at radius 2 is 1.87 bits per heavy atom. The highest BCUT2D eigenvalue weighted by Crippen LogP contribution is 2.38. The van der Waals surface area contributed by atoms with Gasteiger partial charge in [-0.2, -0.15) is 0 Å². The Bertz CT molecular complexity index is 956. The van der Waals surface area contributed by atoms with Crippen molar-refractivity contribution in [2.45, 2.75) is 34.1 Å². The number of hydrogen-bond donors (Lipinski definition) is 2. The van der Waals surface area contributed by atoms with Gasteiger partial charge in [-0.25, -0.2) is 4.79 Å². The summed E-state index contributed by atoms with van der Waals surface area (Å²) in [5, 5.41) is 5.60. The molecule has 1 heterocycles. The first kappa shape index (κ1) is 22.5. The van der Waals surface area contributed by atoms with Crippen LogP contribution in [0.3, 0.4) is 0 Å². The van der Waals surface area contributed by atoms with E-state index in [0.29, 0.717) is 35.3 Å². The van der Waals surface area contributed by atoms with E-state index in [2.05, 4.69) is 24.5 Å². The molecular formula is C24H31N3O4. The molecule has 166 valence electrons. The summed E-state index contributed by atoms with van der Waals surface area (Å²) >= 11 is 0. The fourth-order valence-electron chi connectivity index (χ4n) is 3.33. The Labute approximate surface area is 183 Å². The van der Waals surface area contributed by atoms with E-state index in [4.69, 9.17) is 9.47 Å². The van der Waals surface area contributed by atoms with Crippen LogP contribution in [-0.2, 0) is 4.79 Å². The van der Waals surface area contributed by atoms with Crippen molar-refractivity contribution in [1.29, 1.82) is 0 Å². The van der Waals surface area contributed by atoms with Crippen LogP contribution >= 0.6 is 0 Å². The summed E-state index contributed by atoms with van der Waals surface area (Å²) in [5.74, 6) is 1.76. The number of carbonyl (C=O) groups is 2. The average Bonchev–Trinajstić information content (AvgIpc) is 2.81. The lowest BCUT2D eigenvalue weighted by molar-refractivity contribution is -0.127. The van der Waals surface area contributed by atoms with Crippen LogP contribution in [-0.4, -0.2) is 32.2 Å². The Balaban J connectivity index is 1.79. The maximum absolute atomic E-state index is 13.1. The van der Waals surface area contributed by atoms with E-state index in [1.165, 1.54) is 0 Å². The number of amides is 3. The van der Waals surface area contributed by atoms with E-state index in [1.54, 1.807) is 43.5 Å². The third-order valence-electron chi connectivity index (χ3n) is 5.18. The smallest absolute Gasteiger partial charge is 0.323 e. The van der Waals surface area contributed by atoms with Gasteiger partial charge in [0.05, 0.1) is 18.2 Å². The van der Waals surface area contributed by atoms with Crippen LogP contribution in [0.15, 0.2) is 42.5 Å².